The van der Waals surface area contributed by atoms with Gasteiger partial charge in [0, 0.05) is 6.61 Å². The van der Waals surface area contributed by atoms with E-state index in [1.807, 2.05) is 0 Å². The van der Waals surface area contributed by atoms with Crippen LogP contribution in [0.3, 0.4) is 0 Å². The summed E-state index contributed by atoms with van der Waals surface area (Å²) >= 11 is 0. The number of nitrogens with zero attached hydrogens (tertiary/aromatic N) is 3. The highest BCUT2D eigenvalue weighted by Gasteiger charge is 2.30. The Labute approximate surface area is 93.8 Å². The zero-order valence-electron chi connectivity index (χ0n) is 9.02. The zero-order chi connectivity index (χ0) is 11.0. The molecule has 1 atom stereocenters. The minimum Gasteiger partial charge on any atom is -0.382 e. The Morgan fingerprint density at radius 1 is 1.44 bits per heavy atom. The molecule has 0 bridgehead atoms. The molecule has 6 heteroatoms. The predicted octanol–water partition coefficient (Wildman–Crippen LogP) is 0.775. The van der Waals surface area contributed by atoms with Crippen LogP contribution in [0.1, 0.15) is 19.3 Å². The Bertz CT molecular complexity index is 391. The molecule has 86 valence electrons. The van der Waals surface area contributed by atoms with Crippen molar-refractivity contribution in [1.82, 2.24) is 9.97 Å². The summed E-state index contributed by atoms with van der Waals surface area (Å²) in [5, 5.41) is 3.21. The molecule has 2 aliphatic rings. The second-order valence-corrected chi connectivity index (χ2v) is 4.08. The number of rotatable bonds is 1. The number of fused-ring (bicyclic) bond motifs is 1. The van der Waals surface area contributed by atoms with Gasteiger partial charge in [-0.3, -0.25) is 0 Å². The lowest BCUT2D eigenvalue weighted by Crippen LogP contribution is -2.39. The third-order valence-corrected chi connectivity index (χ3v) is 3.06. The number of nitrogens with one attached hydrogen (secondary N) is 1. The third kappa shape index (κ3) is 1.46. The normalized spacial score (nSPS) is 24.0. The number of ether oxygens (including phenoxy) is 1. The first-order valence-corrected chi connectivity index (χ1v) is 5.59. The largest absolute Gasteiger partial charge is 0.382 e. The van der Waals surface area contributed by atoms with Crippen molar-refractivity contribution < 1.29 is 4.74 Å². The van der Waals surface area contributed by atoms with Gasteiger partial charge in [0.15, 0.2) is 11.6 Å². The fraction of sp³-hybridized carbons (Fsp3) is 0.600. The van der Waals surface area contributed by atoms with E-state index in [4.69, 9.17) is 10.5 Å². The van der Waals surface area contributed by atoms with Crippen LogP contribution in [0.15, 0.2) is 6.33 Å². The van der Waals surface area contributed by atoms with Crippen molar-refractivity contribution in [3.8, 4) is 0 Å². The van der Waals surface area contributed by atoms with Crippen molar-refractivity contribution in [1.29, 1.82) is 0 Å². The van der Waals surface area contributed by atoms with Crippen LogP contribution in [0.2, 0.25) is 0 Å². The van der Waals surface area contributed by atoms with E-state index in [0.717, 1.165) is 31.0 Å². The highest BCUT2D eigenvalue weighted by molar-refractivity contribution is 5.79. The average Bonchev–Trinajstić information content (AvgIpc) is 2.75. The molecule has 3 heterocycles. The van der Waals surface area contributed by atoms with Crippen LogP contribution >= 0.6 is 0 Å². The molecule has 1 saturated heterocycles. The van der Waals surface area contributed by atoms with Gasteiger partial charge in [0.2, 0.25) is 0 Å². The molecule has 3 N–H and O–H groups in total. The smallest absolute Gasteiger partial charge is 0.161 e. The van der Waals surface area contributed by atoms with Gasteiger partial charge in [-0.15, -0.1) is 0 Å². The molecule has 3 rings (SSSR count). The topological polar surface area (TPSA) is 76.3 Å². The van der Waals surface area contributed by atoms with E-state index in [9.17, 15) is 0 Å². The number of aromatic nitrogens is 2. The number of hydrogen-bond acceptors (Lipinski definition) is 6. The molecular formula is C10H15N5O. The van der Waals surface area contributed by atoms with Gasteiger partial charge < -0.3 is 20.7 Å². The first kappa shape index (κ1) is 9.65. The lowest BCUT2D eigenvalue weighted by molar-refractivity contribution is 0.0155. The molecule has 0 aliphatic carbocycles. The number of anilines is 3. The lowest BCUT2D eigenvalue weighted by atomic mass is 10.2. The van der Waals surface area contributed by atoms with Crippen LogP contribution in [-0.4, -0.2) is 29.5 Å². The summed E-state index contributed by atoms with van der Waals surface area (Å²) in [7, 11) is 0. The SMILES string of the molecule is Nc1ncnc2c1NCN2C1CCCCO1. The molecule has 16 heavy (non-hydrogen) atoms. The van der Waals surface area contributed by atoms with E-state index >= 15 is 0 Å². The maximum Gasteiger partial charge on any atom is 0.161 e. The van der Waals surface area contributed by atoms with Gasteiger partial charge in [-0.1, -0.05) is 0 Å². The Morgan fingerprint density at radius 2 is 2.38 bits per heavy atom. The van der Waals surface area contributed by atoms with Crippen LogP contribution in [0, 0.1) is 0 Å². The van der Waals surface area contributed by atoms with E-state index in [2.05, 4.69) is 20.2 Å². The van der Waals surface area contributed by atoms with Crippen molar-refractivity contribution in [2.75, 3.05) is 29.2 Å². The first-order chi connectivity index (χ1) is 7.86. The van der Waals surface area contributed by atoms with Gasteiger partial charge in [0.25, 0.3) is 0 Å². The number of nitrogen functional groups attached to an aromatic ring is 1. The summed E-state index contributed by atoms with van der Waals surface area (Å²) in [6, 6.07) is 0. The molecule has 0 spiro atoms. The zero-order valence-corrected chi connectivity index (χ0v) is 9.02. The minimum absolute atomic E-state index is 0.122. The van der Waals surface area contributed by atoms with Crippen molar-refractivity contribution in [3.63, 3.8) is 0 Å². The summed E-state index contributed by atoms with van der Waals surface area (Å²) in [6.45, 7) is 1.53. The van der Waals surface area contributed by atoms with E-state index in [0.29, 0.717) is 12.5 Å². The monoisotopic (exact) mass is 221 g/mol. The maximum atomic E-state index is 5.78. The van der Waals surface area contributed by atoms with Gasteiger partial charge >= 0.3 is 0 Å². The van der Waals surface area contributed by atoms with E-state index < -0.39 is 0 Å². The van der Waals surface area contributed by atoms with E-state index in [-0.39, 0.29) is 6.23 Å². The summed E-state index contributed by atoms with van der Waals surface area (Å²) in [5.41, 5.74) is 6.61. The first-order valence-electron chi connectivity index (χ1n) is 5.59. The number of nitrogens with two attached hydrogens (primary N) is 1. The van der Waals surface area contributed by atoms with Crippen molar-refractivity contribution in [2.24, 2.45) is 0 Å². The molecular weight excluding hydrogens is 206 g/mol. The summed E-state index contributed by atoms with van der Waals surface area (Å²) in [5.74, 6) is 1.36. The van der Waals surface area contributed by atoms with Gasteiger partial charge in [-0.25, -0.2) is 9.97 Å². The van der Waals surface area contributed by atoms with Crippen LogP contribution in [0.4, 0.5) is 17.3 Å². The van der Waals surface area contributed by atoms with Gasteiger partial charge in [-0.05, 0) is 19.3 Å². The molecule has 1 fully saturated rings. The summed E-state index contributed by atoms with van der Waals surface area (Å²) < 4.78 is 5.74. The van der Waals surface area contributed by atoms with Gasteiger partial charge in [0.05, 0.1) is 6.67 Å². The van der Waals surface area contributed by atoms with Crippen molar-refractivity contribution in [3.05, 3.63) is 6.33 Å². The molecule has 1 aromatic rings. The van der Waals surface area contributed by atoms with E-state index in [1.54, 1.807) is 0 Å². The molecule has 0 aromatic carbocycles. The molecule has 1 aromatic heterocycles. The Hall–Kier alpha value is -1.56. The van der Waals surface area contributed by atoms with E-state index in [1.165, 1.54) is 12.7 Å². The Kier molecular flexibility index (Phi) is 2.28. The Balaban J connectivity index is 1.87. The second-order valence-electron chi connectivity index (χ2n) is 4.08. The van der Waals surface area contributed by atoms with Crippen LogP contribution in [0.25, 0.3) is 0 Å². The average molecular weight is 221 g/mol. The molecule has 6 nitrogen and oxygen atoms in total. The molecule has 0 radical (unpaired) electrons. The second kappa shape index (κ2) is 3.79. The van der Waals surface area contributed by atoms with Crippen molar-refractivity contribution >= 4 is 17.3 Å². The third-order valence-electron chi connectivity index (χ3n) is 3.06. The minimum atomic E-state index is 0.122. The summed E-state index contributed by atoms with van der Waals surface area (Å²) in [6.07, 6.45) is 5.02. The standard InChI is InChI=1S/C10H15N5O/c11-9-8-10(13-5-12-9)15(6-14-8)7-3-1-2-4-16-7/h5,7,14H,1-4,6H2,(H2,11,12,13). The predicted molar refractivity (Wildman–Crippen MR) is 61.0 cm³/mol. The fourth-order valence-electron chi connectivity index (χ4n) is 2.22. The van der Waals surface area contributed by atoms with Gasteiger partial charge in [0.1, 0.15) is 18.2 Å². The van der Waals surface area contributed by atoms with Gasteiger partial charge in [-0.2, -0.15) is 0 Å². The highest BCUT2D eigenvalue weighted by atomic mass is 16.5. The molecule has 1 unspecified atom stereocenters. The lowest BCUT2D eigenvalue weighted by Gasteiger charge is -2.31. The highest BCUT2D eigenvalue weighted by Crippen LogP contribution is 2.35. The maximum absolute atomic E-state index is 5.78. The van der Waals surface area contributed by atoms with Crippen molar-refractivity contribution in [2.45, 2.75) is 25.5 Å². The molecule has 0 saturated carbocycles. The fourth-order valence-corrected chi connectivity index (χ4v) is 2.22. The molecule has 2 aliphatic heterocycles. The van der Waals surface area contributed by atoms with Crippen LogP contribution in [0.5, 0.6) is 0 Å². The quantitative estimate of drug-likeness (QED) is 0.729. The number of hydrogen-bond donors (Lipinski definition) is 2. The molecule has 0 amide bonds. The Morgan fingerprint density at radius 3 is 3.19 bits per heavy atom. The van der Waals surface area contributed by atoms with Crippen LogP contribution in [-0.2, 0) is 4.74 Å². The summed E-state index contributed by atoms with van der Waals surface area (Å²) in [4.78, 5) is 10.4. The van der Waals surface area contributed by atoms with Crippen LogP contribution < -0.4 is 16.0 Å².